The lowest BCUT2D eigenvalue weighted by molar-refractivity contribution is -0.120. The monoisotopic (exact) mass is 442 g/mol. The average Bonchev–Trinajstić information content (AvgIpc) is 3.05. The minimum Gasteiger partial charge on any atom is -0.462 e. The molecule has 2 heterocycles. The number of ether oxygens (including phenoxy) is 1. The van der Waals surface area contributed by atoms with E-state index in [1.807, 2.05) is 43.5 Å². The summed E-state index contributed by atoms with van der Waals surface area (Å²) in [4.78, 5) is 34.6. The van der Waals surface area contributed by atoms with Gasteiger partial charge < -0.3 is 15.0 Å². The molecule has 1 saturated heterocycles. The van der Waals surface area contributed by atoms with Crippen LogP contribution in [0.3, 0.4) is 0 Å². The van der Waals surface area contributed by atoms with E-state index in [1.54, 1.807) is 30.9 Å². The molecule has 2 aromatic rings. The van der Waals surface area contributed by atoms with Crippen LogP contribution < -0.4 is 10.2 Å². The number of carbonyl (C=O) groups excluding carboxylic acids is 2. The van der Waals surface area contributed by atoms with Crippen molar-refractivity contribution in [1.29, 1.82) is 0 Å². The molecule has 1 aliphatic rings. The van der Waals surface area contributed by atoms with Gasteiger partial charge in [0.1, 0.15) is 5.82 Å². The first-order chi connectivity index (χ1) is 15.0. The van der Waals surface area contributed by atoms with Crippen LogP contribution in [-0.4, -0.2) is 66.8 Å². The van der Waals surface area contributed by atoms with Crippen molar-refractivity contribution in [3.63, 3.8) is 0 Å². The Balaban J connectivity index is 1.57. The van der Waals surface area contributed by atoms with Crippen LogP contribution in [0.2, 0.25) is 0 Å². The number of anilines is 2. The predicted molar refractivity (Wildman–Crippen MR) is 125 cm³/mol. The first-order valence-electron chi connectivity index (χ1n) is 10.6. The maximum Gasteiger partial charge on any atom is 0.339 e. The molecule has 31 heavy (non-hydrogen) atoms. The quantitative estimate of drug-likeness (QED) is 0.519. The van der Waals surface area contributed by atoms with Gasteiger partial charge in [-0.3, -0.25) is 9.69 Å². The molecule has 1 aromatic carbocycles. The largest absolute Gasteiger partial charge is 0.462 e. The van der Waals surface area contributed by atoms with E-state index < -0.39 is 0 Å². The maximum absolute atomic E-state index is 12.8. The molecule has 0 saturated carbocycles. The minimum absolute atomic E-state index is 0.00335. The van der Waals surface area contributed by atoms with E-state index in [0.717, 1.165) is 49.0 Å². The Morgan fingerprint density at radius 1 is 1.19 bits per heavy atom. The van der Waals surface area contributed by atoms with Crippen molar-refractivity contribution in [1.82, 2.24) is 9.88 Å². The summed E-state index contributed by atoms with van der Waals surface area (Å²) in [6, 6.07) is 11.3. The van der Waals surface area contributed by atoms with E-state index in [4.69, 9.17) is 4.74 Å². The summed E-state index contributed by atoms with van der Waals surface area (Å²) in [7, 11) is 0. The summed E-state index contributed by atoms with van der Waals surface area (Å²) in [6.45, 7) is 7.31. The van der Waals surface area contributed by atoms with Crippen LogP contribution in [0.15, 0.2) is 47.5 Å². The molecule has 8 heteroatoms. The molecule has 1 fully saturated rings. The van der Waals surface area contributed by atoms with Crippen molar-refractivity contribution in [3.8, 4) is 0 Å². The minimum atomic E-state index is -0.355. The highest BCUT2D eigenvalue weighted by Crippen LogP contribution is 2.20. The van der Waals surface area contributed by atoms with Gasteiger partial charge in [-0.15, -0.1) is 11.8 Å². The first kappa shape index (κ1) is 23.1. The fourth-order valence-electron chi connectivity index (χ4n) is 3.58. The Morgan fingerprint density at radius 3 is 2.74 bits per heavy atom. The number of hydrogen-bond acceptors (Lipinski definition) is 7. The van der Waals surface area contributed by atoms with Crippen LogP contribution in [0.1, 0.15) is 30.6 Å². The fraction of sp³-hybridized carbons (Fsp3) is 0.435. The molecule has 3 rings (SSSR count). The molecule has 7 nitrogen and oxygen atoms in total. The number of benzene rings is 1. The second kappa shape index (κ2) is 11.2. The van der Waals surface area contributed by atoms with E-state index in [0.29, 0.717) is 12.2 Å². The zero-order valence-corrected chi connectivity index (χ0v) is 19.2. The zero-order valence-electron chi connectivity index (χ0n) is 18.3. The molecule has 1 unspecified atom stereocenters. The van der Waals surface area contributed by atoms with Crippen LogP contribution in [-0.2, 0) is 9.53 Å². The number of rotatable bonds is 7. The molecule has 1 N–H and O–H groups in total. The number of nitrogens with one attached hydrogen (secondary N) is 1. The molecular formula is C23H30N4O3S. The third-order valence-electron chi connectivity index (χ3n) is 5.38. The van der Waals surface area contributed by atoms with Gasteiger partial charge >= 0.3 is 5.97 Å². The summed E-state index contributed by atoms with van der Waals surface area (Å²) in [5, 5.41) is 3.04. The Hall–Kier alpha value is -2.58. The Kier molecular flexibility index (Phi) is 8.31. The lowest BCUT2D eigenvalue weighted by Gasteiger charge is -2.27. The molecule has 1 amide bonds. The normalized spacial score (nSPS) is 15.8. The van der Waals surface area contributed by atoms with Gasteiger partial charge in [-0.05, 0) is 56.9 Å². The van der Waals surface area contributed by atoms with Crippen molar-refractivity contribution < 1.29 is 14.3 Å². The van der Waals surface area contributed by atoms with Gasteiger partial charge in [0.05, 0.1) is 18.2 Å². The molecule has 1 aliphatic heterocycles. The number of amides is 1. The van der Waals surface area contributed by atoms with E-state index in [9.17, 15) is 9.59 Å². The second-order valence-electron chi connectivity index (χ2n) is 7.40. The number of thioether (sulfide) groups is 1. The van der Waals surface area contributed by atoms with Gasteiger partial charge in [-0.1, -0.05) is 6.07 Å². The van der Waals surface area contributed by atoms with E-state index >= 15 is 0 Å². The Bertz CT molecular complexity index is 891. The van der Waals surface area contributed by atoms with E-state index in [2.05, 4.69) is 20.1 Å². The second-order valence-corrected chi connectivity index (χ2v) is 8.28. The molecule has 0 radical (unpaired) electrons. The molecule has 0 aliphatic carbocycles. The van der Waals surface area contributed by atoms with Gasteiger partial charge in [0.15, 0.2) is 0 Å². The van der Waals surface area contributed by atoms with Crippen LogP contribution in [0.4, 0.5) is 11.5 Å². The van der Waals surface area contributed by atoms with Gasteiger partial charge in [0, 0.05) is 43.0 Å². The molecule has 1 aromatic heterocycles. The van der Waals surface area contributed by atoms with Crippen LogP contribution >= 0.6 is 11.8 Å². The third-order valence-corrected chi connectivity index (χ3v) is 6.10. The van der Waals surface area contributed by atoms with Crippen molar-refractivity contribution in [3.05, 3.63) is 48.2 Å². The number of pyridine rings is 1. The van der Waals surface area contributed by atoms with Gasteiger partial charge in [-0.2, -0.15) is 0 Å². The number of esters is 1. The van der Waals surface area contributed by atoms with Crippen LogP contribution in [0.5, 0.6) is 0 Å². The van der Waals surface area contributed by atoms with Crippen molar-refractivity contribution >= 4 is 35.1 Å². The lowest BCUT2D eigenvalue weighted by Crippen LogP contribution is -2.44. The van der Waals surface area contributed by atoms with Crippen molar-refractivity contribution in [2.24, 2.45) is 0 Å². The Labute approximate surface area is 188 Å². The smallest absolute Gasteiger partial charge is 0.339 e. The van der Waals surface area contributed by atoms with Crippen molar-refractivity contribution in [2.75, 3.05) is 49.3 Å². The number of carbonyl (C=O) groups is 2. The Morgan fingerprint density at radius 2 is 2.03 bits per heavy atom. The summed E-state index contributed by atoms with van der Waals surface area (Å²) in [5.74, 6) is 0.482. The highest BCUT2D eigenvalue weighted by Gasteiger charge is 2.24. The first-order valence-corrected chi connectivity index (χ1v) is 11.8. The topological polar surface area (TPSA) is 74.8 Å². The number of nitrogens with zero attached hydrogens (tertiary/aromatic N) is 3. The van der Waals surface area contributed by atoms with E-state index in [-0.39, 0.29) is 17.9 Å². The summed E-state index contributed by atoms with van der Waals surface area (Å²) < 4.78 is 5.01. The molecular weight excluding hydrogens is 412 g/mol. The van der Waals surface area contributed by atoms with Gasteiger partial charge in [0.2, 0.25) is 5.91 Å². The third kappa shape index (κ3) is 6.21. The molecule has 0 spiro atoms. The van der Waals surface area contributed by atoms with Crippen LogP contribution in [0, 0.1) is 0 Å². The molecule has 166 valence electrons. The average molecular weight is 443 g/mol. The lowest BCUT2D eigenvalue weighted by atomic mass is 10.2. The van der Waals surface area contributed by atoms with Gasteiger partial charge in [-0.25, -0.2) is 9.78 Å². The maximum atomic E-state index is 12.8. The summed E-state index contributed by atoms with van der Waals surface area (Å²) >= 11 is 1.65. The van der Waals surface area contributed by atoms with Gasteiger partial charge in [0.25, 0.3) is 0 Å². The zero-order chi connectivity index (χ0) is 22.2. The number of aromatic nitrogens is 1. The summed E-state index contributed by atoms with van der Waals surface area (Å²) in [6.07, 6.45) is 4.52. The predicted octanol–water partition coefficient (Wildman–Crippen LogP) is 3.52. The van der Waals surface area contributed by atoms with E-state index in [1.165, 1.54) is 0 Å². The highest BCUT2D eigenvalue weighted by molar-refractivity contribution is 7.98. The van der Waals surface area contributed by atoms with Crippen molar-refractivity contribution in [2.45, 2.75) is 31.2 Å². The fourth-order valence-corrected chi connectivity index (χ4v) is 4.03. The highest BCUT2D eigenvalue weighted by atomic mass is 32.2. The molecule has 0 bridgehead atoms. The number of hydrogen-bond donors (Lipinski definition) is 1. The molecule has 1 atom stereocenters. The SMILES string of the molecule is CCOC(=O)c1ccc(N2CCCN(C(C)C(=O)Nc3cccc(SC)c3)CC2)nc1. The standard InChI is InChI=1S/C23H30N4O3S/c1-4-30-23(29)18-9-10-21(24-16-18)27-12-6-11-26(13-14-27)17(2)22(28)25-19-7-5-8-20(15-19)31-3/h5,7-10,15-17H,4,6,11-14H2,1-3H3,(H,25,28). The van der Waals surface area contributed by atoms with Crippen LogP contribution in [0.25, 0.3) is 0 Å². The summed E-state index contributed by atoms with van der Waals surface area (Å²) in [5.41, 5.74) is 1.28.